The van der Waals surface area contributed by atoms with Gasteiger partial charge in [0, 0.05) is 15.6 Å². The maximum absolute atomic E-state index is 11.4. The molecule has 0 unspecified atom stereocenters. The molecule has 6 nitrogen and oxygen atoms in total. The zero-order valence-corrected chi connectivity index (χ0v) is 16.6. The van der Waals surface area contributed by atoms with Crippen molar-refractivity contribution in [2.45, 2.75) is 25.8 Å². The molecule has 5 rings (SSSR count). The molecule has 1 atom stereocenters. The Labute approximate surface area is 167 Å². The van der Waals surface area contributed by atoms with E-state index in [-0.39, 0.29) is 5.92 Å². The highest BCUT2D eigenvalue weighted by molar-refractivity contribution is 9.10. The van der Waals surface area contributed by atoms with Crippen molar-refractivity contribution in [3.8, 4) is 0 Å². The van der Waals surface area contributed by atoms with Gasteiger partial charge in [-0.05, 0) is 64.0 Å². The number of halogens is 1. The van der Waals surface area contributed by atoms with Crippen LogP contribution in [0.15, 0.2) is 27.9 Å². The summed E-state index contributed by atoms with van der Waals surface area (Å²) in [5, 5.41) is 13.8. The van der Waals surface area contributed by atoms with Gasteiger partial charge in [-0.1, -0.05) is 0 Å². The lowest BCUT2D eigenvalue weighted by molar-refractivity contribution is -0.142. The van der Waals surface area contributed by atoms with E-state index >= 15 is 0 Å². The molecule has 3 heterocycles. The molecule has 136 valence electrons. The number of anilines is 2. The second-order valence-electron chi connectivity index (χ2n) is 6.81. The normalized spacial score (nSPS) is 17.7. The van der Waals surface area contributed by atoms with Gasteiger partial charge in [-0.2, -0.15) is 0 Å². The van der Waals surface area contributed by atoms with E-state index in [4.69, 9.17) is 0 Å². The Kier molecular flexibility index (Phi) is 3.98. The Morgan fingerprint density at radius 2 is 2.22 bits per heavy atom. The Balaban J connectivity index is 1.57. The van der Waals surface area contributed by atoms with Crippen molar-refractivity contribution >= 4 is 61.2 Å². The Morgan fingerprint density at radius 3 is 3.07 bits per heavy atom. The number of benzene rings is 1. The smallest absolute Gasteiger partial charge is 0.306 e. The van der Waals surface area contributed by atoms with Crippen LogP contribution in [-0.4, -0.2) is 27.3 Å². The number of aliphatic imine (C=N–C) groups is 1. The number of carbonyl (C=O) groups is 1. The summed E-state index contributed by atoms with van der Waals surface area (Å²) in [7, 11) is 0. The zero-order valence-electron chi connectivity index (χ0n) is 14.2. The first kappa shape index (κ1) is 16.8. The van der Waals surface area contributed by atoms with Crippen LogP contribution in [0.3, 0.4) is 0 Å². The number of hydrogen-bond donors (Lipinski definition) is 2. The van der Waals surface area contributed by atoms with Crippen LogP contribution in [0.2, 0.25) is 0 Å². The molecule has 27 heavy (non-hydrogen) atoms. The molecule has 1 aliphatic heterocycles. The number of fused-ring (bicyclic) bond motifs is 4. The molecular formula is C19H15BrN4O2S. The van der Waals surface area contributed by atoms with Crippen molar-refractivity contribution in [1.29, 1.82) is 0 Å². The minimum atomic E-state index is -0.716. The molecule has 1 aliphatic carbocycles. The minimum Gasteiger partial charge on any atom is -0.481 e. The molecule has 1 aromatic carbocycles. The highest BCUT2D eigenvalue weighted by Crippen LogP contribution is 2.41. The summed E-state index contributed by atoms with van der Waals surface area (Å²) >= 11 is 5.22. The Hall–Kier alpha value is -2.32. The van der Waals surface area contributed by atoms with Crippen molar-refractivity contribution in [2.75, 3.05) is 5.32 Å². The van der Waals surface area contributed by atoms with Crippen LogP contribution in [-0.2, 0) is 24.2 Å². The molecule has 2 N–H and O–H groups in total. The summed E-state index contributed by atoms with van der Waals surface area (Å²) in [4.78, 5) is 26.6. The van der Waals surface area contributed by atoms with Crippen LogP contribution in [0.1, 0.15) is 28.0 Å². The molecule has 3 aromatic rings. The molecule has 0 saturated heterocycles. The van der Waals surface area contributed by atoms with E-state index in [1.165, 1.54) is 11.1 Å². The van der Waals surface area contributed by atoms with Crippen LogP contribution < -0.4 is 5.32 Å². The number of carboxylic acid groups (broad SMARTS) is 1. The second kappa shape index (κ2) is 6.38. The molecule has 8 heteroatoms. The highest BCUT2D eigenvalue weighted by atomic mass is 79.9. The molecule has 0 fully saturated rings. The summed E-state index contributed by atoms with van der Waals surface area (Å²) in [5.41, 5.74) is 4.44. The topological polar surface area (TPSA) is 87.5 Å². The fraction of sp³-hybridized carbons (Fsp3) is 0.263. The molecule has 2 aromatic heterocycles. The van der Waals surface area contributed by atoms with Gasteiger partial charge in [0.05, 0.1) is 23.5 Å². The number of hydrogen-bond acceptors (Lipinski definition) is 6. The number of nitrogens with one attached hydrogen (secondary N) is 1. The van der Waals surface area contributed by atoms with Gasteiger partial charge in [0.15, 0.2) is 0 Å². The van der Waals surface area contributed by atoms with E-state index in [1.807, 2.05) is 6.21 Å². The predicted octanol–water partition coefficient (Wildman–Crippen LogP) is 4.32. The van der Waals surface area contributed by atoms with E-state index in [0.717, 1.165) is 49.6 Å². The average Bonchev–Trinajstić information content (AvgIpc) is 3.25. The number of aromatic nitrogens is 2. The van der Waals surface area contributed by atoms with E-state index in [2.05, 4.69) is 48.3 Å². The van der Waals surface area contributed by atoms with Crippen LogP contribution in [0.25, 0.3) is 10.2 Å². The number of rotatable bonds is 3. The van der Waals surface area contributed by atoms with Gasteiger partial charge >= 0.3 is 5.97 Å². The monoisotopic (exact) mass is 442 g/mol. The number of thiophene rings is 1. The fourth-order valence-corrected chi connectivity index (χ4v) is 5.53. The molecule has 0 bridgehead atoms. The summed E-state index contributed by atoms with van der Waals surface area (Å²) in [6.07, 6.45) is 5.42. The molecule has 0 saturated carbocycles. The van der Waals surface area contributed by atoms with Crippen LogP contribution >= 0.6 is 27.3 Å². The zero-order chi connectivity index (χ0) is 18.5. The number of aryl methyl sites for hydroxylation is 1. The lowest BCUT2D eigenvalue weighted by atomic mass is 9.88. The average molecular weight is 443 g/mol. The third-order valence-electron chi connectivity index (χ3n) is 5.17. The second-order valence-corrected chi connectivity index (χ2v) is 8.75. The molecule has 0 radical (unpaired) electrons. The van der Waals surface area contributed by atoms with Crippen molar-refractivity contribution in [2.24, 2.45) is 10.9 Å². The predicted molar refractivity (Wildman–Crippen MR) is 109 cm³/mol. The van der Waals surface area contributed by atoms with E-state index in [1.54, 1.807) is 17.7 Å². The van der Waals surface area contributed by atoms with Crippen molar-refractivity contribution in [3.05, 3.63) is 44.5 Å². The van der Waals surface area contributed by atoms with Crippen LogP contribution in [0.4, 0.5) is 11.5 Å². The first-order valence-electron chi connectivity index (χ1n) is 8.67. The lowest BCUT2D eigenvalue weighted by Crippen LogP contribution is -2.21. The molecule has 0 spiro atoms. The summed E-state index contributed by atoms with van der Waals surface area (Å²) in [5.74, 6) is -0.256. The lowest BCUT2D eigenvalue weighted by Gasteiger charge is -2.18. The Morgan fingerprint density at radius 1 is 1.33 bits per heavy atom. The summed E-state index contributed by atoms with van der Waals surface area (Å²) in [6, 6.07) is 4.16. The standard InChI is InChI=1S/C19H15BrN4O2S/c20-13-3-10-6-21-7-11(10)4-14(13)24-17-16-12-2-1-9(19(25)26)5-15(12)27-18(16)23-8-22-17/h3-4,7-9H,1-2,5-6H2,(H,25,26)(H,22,23,24)/t9-/m0/s1. The van der Waals surface area contributed by atoms with Crippen LogP contribution in [0.5, 0.6) is 0 Å². The number of carboxylic acids is 1. The minimum absolute atomic E-state index is 0.305. The van der Waals surface area contributed by atoms with E-state index in [0.29, 0.717) is 12.8 Å². The van der Waals surface area contributed by atoms with E-state index in [9.17, 15) is 9.90 Å². The largest absolute Gasteiger partial charge is 0.481 e. The first-order valence-corrected chi connectivity index (χ1v) is 10.3. The molecule has 0 amide bonds. The summed E-state index contributed by atoms with van der Waals surface area (Å²) in [6.45, 7) is 0.717. The van der Waals surface area contributed by atoms with Crippen molar-refractivity contribution < 1.29 is 9.90 Å². The van der Waals surface area contributed by atoms with Gasteiger partial charge in [-0.3, -0.25) is 9.79 Å². The maximum atomic E-state index is 11.4. The maximum Gasteiger partial charge on any atom is 0.306 e. The Bertz CT molecular complexity index is 1120. The van der Waals surface area contributed by atoms with Gasteiger partial charge < -0.3 is 10.4 Å². The SMILES string of the molecule is O=C(O)[C@H]1CCc2c(sc3ncnc(Nc4cc5c(cc4Br)CN=C5)c23)C1. The van der Waals surface area contributed by atoms with Gasteiger partial charge in [0.1, 0.15) is 17.0 Å². The summed E-state index contributed by atoms with van der Waals surface area (Å²) < 4.78 is 0.966. The quantitative estimate of drug-likeness (QED) is 0.630. The van der Waals surface area contributed by atoms with Gasteiger partial charge in [-0.25, -0.2) is 9.97 Å². The molecule has 2 aliphatic rings. The van der Waals surface area contributed by atoms with Crippen LogP contribution in [0, 0.1) is 5.92 Å². The number of aliphatic carboxylic acids is 1. The van der Waals surface area contributed by atoms with Crippen molar-refractivity contribution in [3.63, 3.8) is 0 Å². The third-order valence-corrected chi connectivity index (χ3v) is 6.99. The number of nitrogens with zero attached hydrogens (tertiary/aromatic N) is 3. The molecular weight excluding hydrogens is 428 g/mol. The van der Waals surface area contributed by atoms with Crippen molar-refractivity contribution in [1.82, 2.24) is 9.97 Å². The van der Waals surface area contributed by atoms with Gasteiger partial charge in [0.25, 0.3) is 0 Å². The highest BCUT2D eigenvalue weighted by Gasteiger charge is 2.29. The van der Waals surface area contributed by atoms with Gasteiger partial charge in [0.2, 0.25) is 0 Å². The van der Waals surface area contributed by atoms with E-state index < -0.39 is 5.97 Å². The first-order chi connectivity index (χ1) is 13.1. The third kappa shape index (κ3) is 2.83. The fourth-order valence-electron chi connectivity index (χ4n) is 3.77. The van der Waals surface area contributed by atoms with Gasteiger partial charge in [-0.15, -0.1) is 11.3 Å².